The number of hydrogen-bond acceptors (Lipinski definition) is 4. The first-order chi connectivity index (χ1) is 15.9. The standard InChI is InChI=1S/C31H47O4P.Na/c1-18-20-15-21-19(2)23(29(6,7)8)17-25(31(12,13)14)27(21)35-36(32,33)34-26(20)24(30(9,10)11)16-22(18)28(3,4)5;/h16-17H,15H2,1-14H3,(H,32,33);/q;+1/p-1. The number of phosphoric ester groups is 1. The first-order valence-electron chi connectivity index (χ1n) is 13.0. The molecule has 0 saturated carbocycles. The molecular formula is C31H46NaO4P. The molecule has 0 aliphatic carbocycles. The molecule has 0 unspecified atom stereocenters. The van der Waals surface area contributed by atoms with Gasteiger partial charge in [0.2, 0.25) is 0 Å². The third-order valence-corrected chi connectivity index (χ3v) is 8.13. The Labute approximate surface area is 247 Å². The van der Waals surface area contributed by atoms with E-state index in [0.717, 1.165) is 33.4 Å². The van der Waals surface area contributed by atoms with Crippen LogP contribution >= 0.6 is 7.82 Å². The summed E-state index contributed by atoms with van der Waals surface area (Å²) in [5.74, 6) is 0.852. The summed E-state index contributed by atoms with van der Waals surface area (Å²) >= 11 is 0. The molecule has 0 bridgehead atoms. The van der Waals surface area contributed by atoms with Crippen molar-refractivity contribution in [3.05, 3.63) is 56.6 Å². The molecule has 1 heterocycles. The fraction of sp³-hybridized carbons (Fsp3) is 0.613. The summed E-state index contributed by atoms with van der Waals surface area (Å²) in [5.41, 5.74) is 7.35. The Morgan fingerprint density at radius 3 is 1.14 bits per heavy atom. The van der Waals surface area contributed by atoms with Gasteiger partial charge in [0.15, 0.2) is 0 Å². The van der Waals surface area contributed by atoms with Gasteiger partial charge in [-0.1, -0.05) is 95.2 Å². The molecule has 37 heavy (non-hydrogen) atoms. The summed E-state index contributed by atoms with van der Waals surface area (Å²) in [4.78, 5) is 13.5. The molecule has 0 amide bonds. The number of hydrogen-bond donors (Lipinski definition) is 0. The Bertz CT molecular complexity index is 1160. The Kier molecular flexibility index (Phi) is 8.77. The van der Waals surface area contributed by atoms with Crippen molar-refractivity contribution in [3.8, 4) is 11.5 Å². The molecule has 2 aromatic rings. The molecular weight excluding hydrogens is 490 g/mol. The molecule has 0 saturated heterocycles. The zero-order valence-electron chi connectivity index (χ0n) is 25.9. The number of fused-ring (bicyclic) bond motifs is 2. The molecule has 0 spiro atoms. The fourth-order valence-electron chi connectivity index (χ4n) is 5.35. The molecule has 0 aromatic heterocycles. The van der Waals surface area contributed by atoms with Crippen LogP contribution in [0.2, 0.25) is 0 Å². The third kappa shape index (κ3) is 6.52. The van der Waals surface area contributed by atoms with E-state index in [2.05, 4.69) is 109 Å². The van der Waals surface area contributed by atoms with Crippen LogP contribution in [0.5, 0.6) is 11.5 Å². The first kappa shape index (κ1) is 32.4. The maximum absolute atomic E-state index is 13.5. The van der Waals surface area contributed by atoms with Crippen LogP contribution in [0.25, 0.3) is 0 Å². The van der Waals surface area contributed by atoms with Crippen molar-refractivity contribution in [2.45, 2.75) is 125 Å². The number of benzene rings is 2. The van der Waals surface area contributed by atoms with E-state index in [1.807, 2.05) is 0 Å². The van der Waals surface area contributed by atoms with E-state index in [9.17, 15) is 9.46 Å². The quantitative estimate of drug-likeness (QED) is 0.338. The molecule has 0 fully saturated rings. The van der Waals surface area contributed by atoms with Crippen molar-refractivity contribution in [1.29, 1.82) is 0 Å². The predicted molar refractivity (Wildman–Crippen MR) is 149 cm³/mol. The largest absolute Gasteiger partial charge is 1.00 e. The van der Waals surface area contributed by atoms with E-state index in [-0.39, 0.29) is 51.2 Å². The van der Waals surface area contributed by atoms with Crippen molar-refractivity contribution in [1.82, 2.24) is 0 Å². The number of phosphoric acid groups is 1. The minimum absolute atomic E-state index is 0. The summed E-state index contributed by atoms with van der Waals surface area (Å²) in [6.45, 7) is 30.0. The molecule has 0 radical (unpaired) electrons. The minimum atomic E-state index is -4.72. The van der Waals surface area contributed by atoms with Gasteiger partial charge in [0, 0.05) is 28.7 Å². The zero-order valence-corrected chi connectivity index (χ0v) is 28.8. The Morgan fingerprint density at radius 2 is 0.892 bits per heavy atom. The van der Waals surface area contributed by atoms with Gasteiger partial charge in [0.25, 0.3) is 0 Å². The van der Waals surface area contributed by atoms with Gasteiger partial charge >= 0.3 is 37.4 Å². The Balaban J connectivity index is 0.00000481. The van der Waals surface area contributed by atoms with Crippen molar-refractivity contribution in [2.75, 3.05) is 0 Å². The SMILES string of the molecule is Cc1c(C(C)(C)C)cc(C(C)(C)C)c2c1Cc1c(C)c(C(C)(C)C)cc(C(C)(C)C)c1OP(=O)([O-])O2.[Na+]. The van der Waals surface area contributed by atoms with Crippen LogP contribution in [0.15, 0.2) is 12.1 Å². The van der Waals surface area contributed by atoms with Crippen LogP contribution in [0.4, 0.5) is 0 Å². The Morgan fingerprint density at radius 1 is 0.622 bits per heavy atom. The first-order valence-corrected chi connectivity index (χ1v) is 14.5. The monoisotopic (exact) mass is 536 g/mol. The molecule has 1 aliphatic heterocycles. The van der Waals surface area contributed by atoms with Crippen LogP contribution in [0.1, 0.15) is 128 Å². The molecule has 0 atom stereocenters. The minimum Gasteiger partial charge on any atom is -0.736 e. The van der Waals surface area contributed by atoms with Gasteiger partial charge in [-0.2, -0.15) is 0 Å². The van der Waals surface area contributed by atoms with Crippen molar-refractivity contribution >= 4 is 7.82 Å². The zero-order chi connectivity index (χ0) is 27.8. The van der Waals surface area contributed by atoms with E-state index in [1.165, 1.54) is 11.1 Å². The average molecular weight is 537 g/mol. The van der Waals surface area contributed by atoms with E-state index in [4.69, 9.17) is 9.05 Å². The maximum atomic E-state index is 13.5. The van der Waals surface area contributed by atoms with Crippen molar-refractivity contribution in [3.63, 3.8) is 0 Å². The molecule has 200 valence electrons. The molecule has 1 aliphatic rings. The van der Waals surface area contributed by atoms with E-state index >= 15 is 0 Å². The fourth-order valence-corrected chi connectivity index (χ4v) is 6.25. The van der Waals surface area contributed by atoms with Gasteiger partial charge in [-0.3, -0.25) is 0 Å². The second kappa shape index (κ2) is 10.0. The van der Waals surface area contributed by atoms with Gasteiger partial charge in [0.05, 0.1) is 0 Å². The van der Waals surface area contributed by atoms with Gasteiger partial charge in [-0.25, -0.2) is 4.57 Å². The van der Waals surface area contributed by atoms with Crippen LogP contribution in [-0.4, -0.2) is 0 Å². The molecule has 3 rings (SSSR count). The van der Waals surface area contributed by atoms with Gasteiger partial charge in [-0.15, -0.1) is 0 Å². The summed E-state index contributed by atoms with van der Waals surface area (Å²) in [7, 11) is -4.72. The summed E-state index contributed by atoms with van der Waals surface area (Å²) in [5, 5.41) is 0. The normalized spacial score (nSPS) is 15.9. The molecule has 4 nitrogen and oxygen atoms in total. The van der Waals surface area contributed by atoms with Gasteiger partial charge in [-0.05, 0) is 57.8 Å². The van der Waals surface area contributed by atoms with E-state index in [0.29, 0.717) is 17.9 Å². The smallest absolute Gasteiger partial charge is 0.736 e. The second-order valence-corrected chi connectivity index (χ2v) is 15.9. The maximum Gasteiger partial charge on any atom is 1.00 e. The summed E-state index contributed by atoms with van der Waals surface area (Å²) in [6.07, 6.45) is 0.544. The van der Waals surface area contributed by atoms with Crippen LogP contribution in [-0.2, 0) is 32.6 Å². The molecule has 0 N–H and O–H groups in total. The topological polar surface area (TPSA) is 58.6 Å². The van der Waals surface area contributed by atoms with E-state index < -0.39 is 7.82 Å². The third-order valence-electron chi connectivity index (χ3n) is 7.32. The molecule has 6 heteroatoms. The van der Waals surface area contributed by atoms with Crippen molar-refractivity contribution < 1.29 is 48.1 Å². The van der Waals surface area contributed by atoms with Crippen LogP contribution in [0.3, 0.4) is 0 Å². The van der Waals surface area contributed by atoms with Gasteiger partial charge < -0.3 is 13.9 Å². The predicted octanol–water partition coefficient (Wildman–Crippen LogP) is 5.33. The number of rotatable bonds is 0. The van der Waals surface area contributed by atoms with Crippen molar-refractivity contribution in [2.24, 2.45) is 0 Å². The van der Waals surface area contributed by atoms with Crippen LogP contribution < -0.4 is 43.5 Å². The summed E-state index contributed by atoms with van der Waals surface area (Å²) < 4.78 is 25.2. The average Bonchev–Trinajstić information content (AvgIpc) is 2.60. The Hall–Kier alpha value is -0.770. The van der Waals surface area contributed by atoms with Crippen LogP contribution in [0, 0.1) is 13.8 Å². The second-order valence-electron chi connectivity index (χ2n) is 14.6. The van der Waals surface area contributed by atoms with Gasteiger partial charge in [0.1, 0.15) is 11.5 Å². The molecule has 2 aromatic carbocycles. The van der Waals surface area contributed by atoms with E-state index in [1.54, 1.807) is 0 Å². The summed E-state index contributed by atoms with van der Waals surface area (Å²) in [6, 6.07) is 4.27.